The zero-order valence-corrected chi connectivity index (χ0v) is 17.7. The summed E-state index contributed by atoms with van der Waals surface area (Å²) in [5, 5.41) is 0. The van der Waals surface area contributed by atoms with Crippen LogP contribution in [0.5, 0.6) is 0 Å². The molecule has 3 atom stereocenters. The Hall–Kier alpha value is -1.44. The highest BCUT2D eigenvalue weighted by molar-refractivity contribution is 7.99. The lowest BCUT2D eigenvalue weighted by Crippen LogP contribution is -2.58. The van der Waals surface area contributed by atoms with E-state index in [1.54, 1.807) is 16.7 Å². The van der Waals surface area contributed by atoms with Gasteiger partial charge < -0.3 is 19.6 Å². The topological polar surface area (TPSA) is 64.2 Å². The molecule has 3 fully saturated rings. The largest absolute Gasteiger partial charge is 0.337 e. The molecule has 3 aliphatic rings. The van der Waals surface area contributed by atoms with Gasteiger partial charge in [-0.3, -0.25) is 9.59 Å². The number of carbonyl (C=O) groups excluding carboxylic acids is 3. The van der Waals surface area contributed by atoms with Crippen LogP contribution in [0.15, 0.2) is 0 Å². The quantitative estimate of drug-likeness (QED) is 0.707. The molecular weight excluding hydrogens is 364 g/mol. The molecule has 8 heteroatoms. The number of thioether (sulfide) groups is 1. The van der Waals surface area contributed by atoms with Gasteiger partial charge in [0, 0.05) is 44.4 Å². The third-order valence-electron chi connectivity index (χ3n) is 5.81. The highest BCUT2D eigenvalue weighted by Gasteiger charge is 2.44. The predicted molar refractivity (Wildman–Crippen MR) is 106 cm³/mol. The van der Waals surface area contributed by atoms with Gasteiger partial charge in [0.1, 0.15) is 6.04 Å². The van der Waals surface area contributed by atoms with E-state index in [2.05, 4.69) is 13.8 Å². The van der Waals surface area contributed by atoms with Gasteiger partial charge in [0.25, 0.3) is 0 Å². The molecule has 0 radical (unpaired) electrons. The molecule has 0 aliphatic carbocycles. The lowest BCUT2D eigenvalue weighted by atomic mass is 10.1. The summed E-state index contributed by atoms with van der Waals surface area (Å²) in [5.74, 6) is 1.79. The molecular formula is C19H32N4O3S. The standard InChI is InChI=1S/C19H32N4O3S/c1-5-14(4)17(24)23-12-27-11-16(23)18(25)20-6-7-22-15(9-20)10-21(19(22)26)8-13(2)3/h13-16H,5-12H2,1-4H3/t14-,15+,16+/m0/s1. The van der Waals surface area contributed by atoms with Crippen molar-refractivity contribution in [3.05, 3.63) is 0 Å². The van der Waals surface area contributed by atoms with E-state index < -0.39 is 0 Å². The van der Waals surface area contributed by atoms with Crippen molar-refractivity contribution in [2.24, 2.45) is 11.8 Å². The molecule has 152 valence electrons. The summed E-state index contributed by atoms with van der Waals surface area (Å²) in [6.45, 7) is 11.3. The second kappa shape index (κ2) is 8.29. The van der Waals surface area contributed by atoms with Crippen LogP contribution in [0.4, 0.5) is 4.79 Å². The smallest absolute Gasteiger partial charge is 0.320 e. The zero-order chi connectivity index (χ0) is 19.7. The summed E-state index contributed by atoms with van der Waals surface area (Å²) in [6.07, 6.45) is 0.787. The number of fused-ring (bicyclic) bond motifs is 1. The molecule has 0 bridgehead atoms. The maximum Gasteiger partial charge on any atom is 0.320 e. The molecule has 0 N–H and O–H groups in total. The summed E-state index contributed by atoms with van der Waals surface area (Å²) in [7, 11) is 0. The van der Waals surface area contributed by atoms with Gasteiger partial charge in [-0.15, -0.1) is 11.8 Å². The van der Waals surface area contributed by atoms with Crippen LogP contribution < -0.4 is 0 Å². The fraction of sp³-hybridized carbons (Fsp3) is 0.842. The Kier molecular flexibility index (Phi) is 6.23. The van der Waals surface area contributed by atoms with Gasteiger partial charge in [0.05, 0.1) is 11.9 Å². The van der Waals surface area contributed by atoms with Crippen molar-refractivity contribution in [2.75, 3.05) is 44.4 Å². The molecule has 4 amide bonds. The van der Waals surface area contributed by atoms with Crippen molar-refractivity contribution in [3.63, 3.8) is 0 Å². The van der Waals surface area contributed by atoms with Gasteiger partial charge in [0.15, 0.2) is 0 Å². The van der Waals surface area contributed by atoms with Crippen molar-refractivity contribution in [1.29, 1.82) is 0 Å². The summed E-state index contributed by atoms with van der Waals surface area (Å²) < 4.78 is 0. The van der Waals surface area contributed by atoms with Crippen LogP contribution in [-0.2, 0) is 9.59 Å². The van der Waals surface area contributed by atoms with Gasteiger partial charge in [0.2, 0.25) is 11.8 Å². The molecule has 0 aromatic carbocycles. The summed E-state index contributed by atoms with van der Waals surface area (Å²) in [5.41, 5.74) is 0. The van der Waals surface area contributed by atoms with Crippen molar-refractivity contribution in [1.82, 2.24) is 19.6 Å². The molecule has 0 saturated carbocycles. The first-order chi connectivity index (χ1) is 12.8. The molecule has 3 saturated heterocycles. The lowest BCUT2D eigenvalue weighted by molar-refractivity contribution is -0.146. The Balaban J connectivity index is 1.63. The van der Waals surface area contributed by atoms with Crippen LogP contribution in [0, 0.1) is 11.8 Å². The number of amides is 4. The minimum Gasteiger partial charge on any atom is -0.337 e. The van der Waals surface area contributed by atoms with E-state index in [4.69, 9.17) is 0 Å². The normalized spacial score (nSPS) is 26.8. The first-order valence-electron chi connectivity index (χ1n) is 10.1. The van der Waals surface area contributed by atoms with E-state index in [-0.39, 0.29) is 35.8 Å². The minimum absolute atomic E-state index is 0.0473. The SMILES string of the molecule is CC[C@H](C)C(=O)N1CSC[C@@H]1C(=O)N1CCN2C(=O)N(CC(C)C)C[C@H]2C1. The maximum atomic E-state index is 13.2. The van der Waals surface area contributed by atoms with E-state index in [0.717, 1.165) is 13.0 Å². The van der Waals surface area contributed by atoms with E-state index in [9.17, 15) is 14.4 Å². The Morgan fingerprint density at radius 2 is 1.93 bits per heavy atom. The number of rotatable bonds is 5. The number of hydrogen-bond donors (Lipinski definition) is 0. The predicted octanol–water partition coefficient (Wildman–Crippen LogP) is 1.54. The molecule has 0 unspecified atom stereocenters. The highest BCUT2D eigenvalue weighted by atomic mass is 32.2. The Bertz CT molecular complexity index is 600. The summed E-state index contributed by atoms with van der Waals surface area (Å²) in [6, 6.07) is -0.181. The molecule has 3 aliphatic heterocycles. The fourth-order valence-corrected chi connectivity index (χ4v) is 5.26. The third kappa shape index (κ3) is 4.05. The number of urea groups is 1. The maximum absolute atomic E-state index is 13.2. The summed E-state index contributed by atoms with van der Waals surface area (Å²) >= 11 is 1.65. The molecule has 0 spiro atoms. The molecule has 3 rings (SSSR count). The van der Waals surface area contributed by atoms with Crippen molar-refractivity contribution in [3.8, 4) is 0 Å². The van der Waals surface area contributed by atoms with Gasteiger partial charge >= 0.3 is 6.03 Å². The van der Waals surface area contributed by atoms with E-state index in [1.165, 1.54) is 0 Å². The minimum atomic E-state index is -0.355. The monoisotopic (exact) mass is 396 g/mol. The fourth-order valence-electron chi connectivity index (χ4n) is 4.10. The zero-order valence-electron chi connectivity index (χ0n) is 16.9. The number of piperazine rings is 1. The van der Waals surface area contributed by atoms with Crippen molar-refractivity contribution in [2.45, 2.75) is 46.2 Å². The van der Waals surface area contributed by atoms with Crippen LogP contribution in [0.3, 0.4) is 0 Å². The average molecular weight is 397 g/mol. The second-order valence-corrected chi connectivity index (χ2v) is 9.35. The average Bonchev–Trinajstić information content (AvgIpc) is 3.24. The first kappa shape index (κ1) is 20.3. The van der Waals surface area contributed by atoms with Crippen LogP contribution in [0.2, 0.25) is 0 Å². The molecule has 3 heterocycles. The molecule has 0 aromatic rings. The van der Waals surface area contributed by atoms with E-state index in [0.29, 0.717) is 43.7 Å². The van der Waals surface area contributed by atoms with Gasteiger partial charge in [-0.1, -0.05) is 27.7 Å². The Labute approximate surface area is 166 Å². The highest BCUT2D eigenvalue weighted by Crippen LogP contribution is 2.27. The Morgan fingerprint density at radius 3 is 2.59 bits per heavy atom. The molecule has 0 aromatic heterocycles. The van der Waals surface area contributed by atoms with Crippen LogP contribution in [0.1, 0.15) is 34.1 Å². The number of carbonyl (C=O) groups is 3. The Morgan fingerprint density at radius 1 is 1.19 bits per heavy atom. The van der Waals surface area contributed by atoms with Gasteiger partial charge in [-0.05, 0) is 12.3 Å². The molecule has 27 heavy (non-hydrogen) atoms. The van der Waals surface area contributed by atoms with Crippen LogP contribution in [0.25, 0.3) is 0 Å². The number of nitrogens with zero attached hydrogens (tertiary/aromatic N) is 4. The van der Waals surface area contributed by atoms with E-state index in [1.807, 2.05) is 28.5 Å². The lowest BCUT2D eigenvalue weighted by Gasteiger charge is -2.38. The van der Waals surface area contributed by atoms with Crippen molar-refractivity contribution < 1.29 is 14.4 Å². The van der Waals surface area contributed by atoms with Gasteiger partial charge in [-0.25, -0.2) is 4.79 Å². The van der Waals surface area contributed by atoms with Crippen molar-refractivity contribution >= 4 is 29.6 Å². The number of hydrogen-bond acceptors (Lipinski definition) is 4. The third-order valence-corrected chi connectivity index (χ3v) is 6.82. The first-order valence-corrected chi connectivity index (χ1v) is 11.2. The van der Waals surface area contributed by atoms with Crippen LogP contribution >= 0.6 is 11.8 Å². The van der Waals surface area contributed by atoms with E-state index >= 15 is 0 Å². The summed E-state index contributed by atoms with van der Waals surface area (Å²) in [4.78, 5) is 45.8. The van der Waals surface area contributed by atoms with Crippen LogP contribution in [-0.4, -0.2) is 93.9 Å². The molecule has 7 nitrogen and oxygen atoms in total. The van der Waals surface area contributed by atoms with Gasteiger partial charge in [-0.2, -0.15) is 0 Å². The second-order valence-electron chi connectivity index (χ2n) is 8.35.